The molecule has 186 valence electrons. The maximum absolute atomic E-state index is 13.2. The van der Waals surface area contributed by atoms with Crippen LogP contribution in [0.15, 0.2) is 83.3 Å². The molecule has 1 aliphatic rings. The Bertz CT molecular complexity index is 1510. The molecule has 0 bridgehead atoms. The fraction of sp³-hybridized carbons (Fsp3) is 0.143. The monoisotopic (exact) mass is 496 g/mol. The zero-order valence-electron chi connectivity index (χ0n) is 20.0. The number of carbonyl (C=O) groups excluding carboxylic acids is 4. The molecule has 5 rings (SSSR count). The first kappa shape index (κ1) is 23.8. The van der Waals surface area contributed by atoms with Gasteiger partial charge in [-0.15, -0.1) is 0 Å². The number of nitrogens with one attached hydrogen (secondary N) is 3. The highest BCUT2D eigenvalue weighted by Crippen LogP contribution is 2.35. The third kappa shape index (κ3) is 4.66. The zero-order chi connectivity index (χ0) is 25.9. The molecule has 4 amide bonds. The van der Waals surface area contributed by atoms with E-state index in [1.54, 1.807) is 43.3 Å². The number of para-hydroxylation sites is 1. The summed E-state index contributed by atoms with van der Waals surface area (Å²) in [5.41, 5.74) is 7.72. The van der Waals surface area contributed by atoms with E-state index in [-0.39, 0.29) is 18.2 Å². The van der Waals surface area contributed by atoms with Crippen LogP contribution >= 0.6 is 0 Å². The van der Waals surface area contributed by atoms with Crippen molar-refractivity contribution in [3.8, 4) is 0 Å². The van der Waals surface area contributed by atoms with Crippen molar-refractivity contribution in [2.75, 3.05) is 6.54 Å². The van der Waals surface area contributed by atoms with Gasteiger partial charge in [0, 0.05) is 23.1 Å². The van der Waals surface area contributed by atoms with E-state index in [0.717, 1.165) is 10.9 Å². The first-order valence-electron chi connectivity index (χ1n) is 11.7. The zero-order valence-corrected chi connectivity index (χ0v) is 20.0. The number of furan rings is 1. The lowest BCUT2D eigenvalue weighted by Gasteiger charge is -2.24. The van der Waals surface area contributed by atoms with Gasteiger partial charge in [-0.05, 0) is 30.2 Å². The summed E-state index contributed by atoms with van der Waals surface area (Å²) < 4.78 is 5.59. The Morgan fingerprint density at radius 3 is 2.38 bits per heavy atom. The van der Waals surface area contributed by atoms with Crippen molar-refractivity contribution >= 4 is 34.6 Å². The van der Waals surface area contributed by atoms with E-state index in [9.17, 15) is 19.2 Å². The molecule has 0 aliphatic carbocycles. The second-order valence-electron chi connectivity index (χ2n) is 8.68. The molecule has 0 radical (unpaired) electrons. The van der Waals surface area contributed by atoms with E-state index in [0.29, 0.717) is 22.3 Å². The number of hydrazine groups is 1. The lowest BCUT2D eigenvalue weighted by Crippen LogP contribution is -2.48. The van der Waals surface area contributed by atoms with Crippen molar-refractivity contribution < 1.29 is 23.6 Å². The Labute approximate surface area is 212 Å². The molecule has 9 nitrogen and oxygen atoms in total. The summed E-state index contributed by atoms with van der Waals surface area (Å²) >= 11 is 0. The second-order valence-corrected chi connectivity index (χ2v) is 8.68. The molecule has 3 N–H and O–H groups in total. The molecule has 3 aromatic carbocycles. The van der Waals surface area contributed by atoms with E-state index >= 15 is 0 Å². The third-order valence-corrected chi connectivity index (χ3v) is 6.29. The molecule has 1 aromatic heterocycles. The van der Waals surface area contributed by atoms with Crippen LogP contribution in [-0.2, 0) is 16.1 Å². The van der Waals surface area contributed by atoms with Gasteiger partial charge in [-0.3, -0.25) is 30.0 Å². The summed E-state index contributed by atoms with van der Waals surface area (Å²) in [4.78, 5) is 52.6. The van der Waals surface area contributed by atoms with Crippen molar-refractivity contribution in [1.82, 2.24) is 21.1 Å². The Hall–Kier alpha value is -4.92. The summed E-state index contributed by atoms with van der Waals surface area (Å²) in [6.45, 7) is 1.60. The van der Waals surface area contributed by atoms with E-state index in [1.807, 2.05) is 42.5 Å². The highest BCUT2D eigenvalue weighted by Gasteiger charge is 2.40. The Morgan fingerprint density at radius 2 is 1.59 bits per heavy atom. The molecule has 1 aliphatic heterocycles. The third-order valence-electron chi connectivity index (χ3n) is 6.29. The van der Waals surface area contributed by atoms with Gasteiger partial charge in [-0.1, -0.05) is 66.7 Å². The molecule has 0 saturated heterocycles. The van der Waals surface area contributed by atoms with Crippen molar-refractivity contribution in [2.45, 2.75) is 19.5 Å². The molecular weight excluding hydrogens is 472 g/mol. The van der Waals surface area contributed by atoms with Crippen LogP contribution in [0, 0.1) is 6.92 Å². The molecule has 0 spiro atoms. The normalized spacial score (nSPS) is 14.4. The van der Waals surface area contributed by atoms with Crippen molar-refractivity contribution in [1.29, 1.82) is 0 Å². The maximum Gasteiger partial charge on any atom is 0.305 e. The summed E-state index contributed by atoms with van der Waals surface area (Å²) in [6.07, 6.45) is 0. The lowest BCUT2D eigenvalue weighted by atomic mass is 10.0. The molecule has 2 heterocycles. The first-order valence-corrected chi connectivity index (χ1v) is 11.7. The summed E-state index contributed by atoms with van der Waals surface area (Å²) in [7, 11) is 0. The van der Waals surface area contributed by atoms with Crippen LogP contribution in [0.1, 0.15) is 43.6 Å². The van der Waals surface area contributed by atoms with Crippen molar-refractivity contribution in [3.63, 3.8) is 0 Å². The summed E-state index contributed by atoms with van der Waals surface area (Å²) in [5, 5.41) is 3.38. The number of aryl methyl sites for hydroxylation is 1. The van der Waals surface area contributed by atoms with E-state index in [2.05, 4.69) is 16.2 Å². The standard InChI is InChI=1S/C28H24N4O5/c1-17-19-11-7-8-14-22(19)37-25(17)27(35)31-30-23(33)15-29-26(34)24-20-12-5-6-13-21(20)28(36)32(24)16-18-9-3-2-4-10-18/h2-14,24H,15-16H2,1H3,(H,29,34)(H,30,33)(H,31,35). The number of carbonyl (C=O) groups is 4. The van der Waals surface area contributed by atoms with Gasteiger partial charge in [0.1, 0.15) is 11.6 Å². The predicted octanol–water partition coefficient (Wildman–Crippen LogP) is 3.02. The van der Waals surface area contributed by atoms with Crippen LogP contribution in [0.5, 0.6) is 0 Å². The van der Waals surface area contributed by atoms with Crippen molar-refractivity contribution in [3.05, 3.63) is 107 Å². The number of fused-ring (bicyclic) bond motifs is 2. The van der Waals surface area contributed by atoms with Gasteiger partial charge >= 0.3 is 5.91 Å². The van der Waals surface area contributed by atoms with Gasteiger partial charge in [0.15, 0.2) is 5.76 Å². The van der Waals surface area contributed by atoms with E-state index < -0.39 is 30.3 Å². The first-order chi connectivity index (χ1) is 17.9. The highest BCUT2D eigenvalue weighted by atomic mass is 16.3. The van der Waals surface area contributed by atoms with Gasteiger partial charge in [-0.2, -0.15) is 0 Å². The van der Waals surface area contributed by atoms with Crippen LogP contribution in [-0.4, -0.2) is 35.1 Å². The number of hydrogen-bond acceptors (Lipinski definition) is 5. The fourth-order valence-corrected chi connectivity index (χ4v) is 4.48. The highest BCUT2D eigenvalue weighted by molar-refractivity contribution is 6.05. The fourth-order valence-electron chi connectivity index (χ4n) is 4.48. The summed E-state index contributed by atoms with van der Waals surface area (Å²) in [5.74, 6) is -1.91. The van der Waals surface area contributed by atoms with Gasteiger partial charge in [0.25, 0.3) is 11.8 Å². The SMILES string of the molecule is Cc1c(C(=O)NNC(=O)CNC(=O)C2c3ccccc3C(=O)N2Cc2ccccc2)oc2ccccc12. The molecule has 1 atom stereocenters. The average molecular weight is 497 g/mol. The largest absolute Gasteiger partial charge is 0.451 e. The van der Waals surface area contributed by atoms with E-state index in [1.165, 1.54) is 4.90 Å². The number of amides is 4. The molecule has 37 heavy (non-hydrogen) atoms. The number of rotatable bonds is 6. The minimum Gasteiger partial charge on any atom is -0.451 e. The molecule has 4 aromatic rings. The second kappa shape index (κ2) is 9.98. The number of hydrogen-bond donors (Lipinski definition) is 3. The van der Waals surface area contributed by atoms with Gasteiger partial charge in [0.05, 0.1) is 6.54 Å². The Kier molecular flexibility index (Phi) is 6.42. The topological polar surface area (TPSA) is 121 Å². The van der Waals surface area contributed by atoms with Crippen LogP contribution < -0.4 is 16.2 Å². The smallest absolute Gasteiger partial charge is 0.305 e. The minimum atomic E-state index is -0.885. The summed E-state index contributed by atoms with van der Waals surface area (Å²) in [6, 6.07) is 22.6. The van der Waals surface area contributed by atoms with Gasteiger partial charge in [-0.25, -0.2) is 0 Å². The molecule has 0 saturated carbocycles. The number of nitrogens with zero attached hydrogens (tertiary/aromatic N) is 1. The Balaban J connectivity index is 1.22. The predicted molar refractivity (Wildman–Crippen MR) is 135 cm³/mol. The van der Waals surface area contributed by atoms with Crippen LogP contribution in [0.2, 0.25) is 0 Å². The van der Waals surface area contributed by atoms with Gasteiger partial charge in [0.2, 0.25) is 5.91 Å². The van der Waals surface area contributed by atoms with Gasteiger partial charge < -0.3 is 14.6 Å². The molecule has 1 unspecified atom stereocenters. The maximum atomic E-state index is 13.2. The van der Waals surface area contributed by atoms with E-state index in [4.69, 9.17) is 4.42 Å². The van der Waals surface area contributed by atoms with Crippen LogP contribution in [0.4, 0.5) is 0 Å². The molecule has 9 heteroatoms. The quantitative estimate of drug-likeness (QED) is 0.355. The minimum absolute atomic E-state index is 0.0863. The Morgan fingerprint density at radius 1 is 0.892 bits per heavy atom. The molecular formula is C28H24N4O5. The van der Waals surface area contributed by atoms with Crippen LogP contribution in [0.3, 0.4) is 0 Å². The molecule has 0 fully saturated rings. The van der Waals surface area contributed by atoms with Crippen LogP contribution in [0.25, 0.3) is 11.0 Å². The lowest BCUT2D eigenvalue weighted by molar-refractivity contribution is -0.129. The van der Waals surface area contributed by atoms with Crippen molar-refractivity contribution in [2.24, 2.45) is 0 Å². The average Bonchev–Trinajstić information content (AvgIpc) is 3.41. The number of benzene rings is 3.